The third-order valence-corrected chi connectivity index (χ3v) is 4.63. The van der Waals surface area contributed by atoms with Gasteiger partial charge in [0.25, 0.3) is 0 Å². The molecule has 0 atom stereocenters. The van der Waals surface area contributed by atoms with Crippen molar-refractivity contribution in [2.45, 2.75) is 26.6 Å². The van der Waals surface area contributed by atoms with E-state index in [1.54, 1.807) is 0 Å². The van der Waals surface area contributed by atoms with Gasteiger partial charge in [0.1, 0.15) is 0 Å². The average molecular weight is 381 g/mol. The van der Waals surface area contributed by atoms with Gasteiger partial charge in [-0.1, -0.05) is 12.1 Å². The maximum absolute atomic E-state index is 4.52. The van der Waals surface area contributed by atoms with Gasteiger partial charge in [-0.15, -0.1) is 0 Å². The highest BCUT2D eigenvalue weighted by Crippen LogP contribution is 2.18. The number of aromatic nitrogens is 4. The third-order valence-electron chi connectivity index (χ3n) is 4.63. The van der Waals surface area contributed by atoms with Gasteiger partial charge in [0.15, 0.2) is 0 Å². The van der Waals surface area contributed by atoms with Gasteiger partial charge >= 0.3 is 0 Å². The molecule has 0 radical (unpaired) electrons. The Morgan fingerprint density at radius 3 is 1.83 bits per heavy atom. The zero-order valence-corrected chi connectivity index (χ0v) is 16.4. The Balaban J connectivity index is 1.57. The number of aryl methyl sites for hydroxylation is 1. The summed E-state index contributed by atoms with van der Waals surface area (Å²) < 4.78 is 0. The topological polar surface area (TPSA) is 54.8 Å². The van der Waals surface area contributed by atoms with Crippen LogP contribution in [0.3, 0.4) is 0 Å². The second kappa shape index (κ2) is 9.17. The van der Waals surface area contributed by atoms with Crippen LogP contribution < -0.4 is 0 Å². The molecule has 0 spiro atoms. The molecular weight excluding hydrogens is 358 g/mol. The largest absolute Gasteiger partial charge is 0.287 e. The lowest BCUT2D eigenvalue weighted by Crippen LogP contribution is -2.23. The third kappa shape index (κ3) is 5.30. The van der Waals surface area contributed by atoms with Crippen LogP contribution in [-0.4, -0.2) is 24.8 Å². The smallest absolute Gasteiger partial charge is 0.0889 e. The molecule has 0 aliphatic carbocycles. The predicted molar refractivity (Wildman–Crippen MR) is 114 cm³/mol. The van der Waals surface area contributed by atoms with E-state index in [2.05, 4.69) is 62.1 Å². The van der Waals surface area contributed by atoms with Gasteiger partial charge in [-0.3, -0.25) is 24.8 Å². The van der Waals surface area contributed by atoms with Crippen LogP contribution in [0.5, 0.6) is 0 Å². The van der Waals surface area contributed by atoms with Crippen molar-refractivity contribution in [3.63, 3.8) is 0 Å². The summed E-state index contributed by atoms with van der Waals surface area (Å²) in [6.45, 7) is 4.33. The van der Waals surface area contributed by atoms with Gasteiger partial charge in [0, 0.05) is 44.4 Å². The van der Waals surface area contributed by atoms with Crippen molar-refractivity contribution < 1.29 is 0 Å². The molecule has 4 rings (SSSR count). The first-order chi connectivity index (χ1) is 14.3. The monoisotopic (exact) mass is 381 g/mol. The number of rotatable bonds is 7. The Morgan fingerprint density at radius 2 is 1.24 bits per heavy atom. The Labute approximate surface area is 171 Å². The highest BCUT2D eigenvalue weighted by molar-refractivity contribution is 5.55. The van der Waals surface area contributed by atoms with Crippen LogP contribution in [0.1, 0.15) is 22.5 Å². The summed E-state index contributed by atoms with van der Waals surface area (Å²) in [6, 6.07) is 20.3. The van der Waals surface area contributed by atoms with Crippen molar-refractivity contribution >= 4 is 0 Å². The molecule has 0 saturated heterocycles. The Bertz CT molecular complexity index is 1010. The Hall–Kier alpha value is -3.44. The summed E-state index contributed by atoms with van der Waals surface area (Å²) in [5.41, 5.74) is 6.23. The van der Waals surface area contributed by atoms with Crippen molar-refractivity contribution in [1.82, 2.24) is 24.8 Å². The van der Waals surface area contributed by atoms with Gasteiger partial charge in [0.2, 0.25) is 0 Å². The van der Waals surface area contributed by atoms with E-state index in [9.17, 15) is 0 Å². The average Bonchev–Trinajstić information content (AvgIpc) is 2.75. The van der Waals surface area contributed by atoms with E-state index < -0.39 is 0 Å². The van der Waals surface area contributed by atoms with Crippen LogP contribution in [0.4, 0.5) is 0 Å². The summed E-state index contributed by atoms with van der Waals surface area (Å²) in [5.74, 6) is 0. The molecule has 0 N–H and O–H groups in total. The van der Waals surface area contributed by atoms with E-state index in [0.29, 0.717) is 0 Å². The predicted octanol–water partition coefficient (Wildman–Crippen LogP) is 4.44. The molecule has 0 aliphatic rings. The second-order valence-corrected chi connectivity index (χ2v) is 7.06. The van der Waals surface area contributed by atoms with Crippen molar-refractivity contribution in [3.05, 3.63) is 108 Å². The number of hydrogen-bond donors (Lipinski definition) is 0. The molecule has 0 aromatic carbocycles. The SMILES string of the molecule is Cc1ccnc(-c2cc(CN(Cc3ccccn3)Cc3ccccn3)ccn2)c1. The van der Waals surface area contributed by atoms with Crippen molar-refractivity contribution in [2.24, 2.45) is 0 Å². The maximum atomic E-state index is 4.52. The Morgan fingerprint density at radius 1 is 0.621 bits per heavy atom. The first-order valence-corrected chi connectivity index (χ1v) is 9.66. The Kier molecular flexibility index (Phi) is 5.98. The first-order valence-electron chi connectivity index (χ1n) is 9.66. The molecule has 0 amide bonds. The van der Waals surface area contributed by atoms with Gasteiger partial charge in [-0.05, 0) is 66.6 Å². The van der Waals surface area contributed by atoms with Gasteiger partial charge in [-0.25, -0.2) is 0 Å². The minimum atomic E-state index is 0.748. The van der Waals surface area contributed by atoms with E-state index in [1.165, 1.54) is 11.1 Å². The lowest BCUT2D eigenvalue weighted by molar-refractivity contribution is 0.241. The molecule has 4 heterocycles. The van der Waals surface area contributed by atoms with E-state index in [1.807, 2.05) is 55.1 Å². The normalized spacial score (nSPS) is 11.0. The van der Waals surface area contributed by atoms with Crippen molar-refractivity contribution in [2.75, 3.05) is 0 Å². The van der Waals surface area contributed by atoms with Crippen molar-refractivity contribution in [1.29, 1.82) is 0 Å². The zero-order chi connectivity index (χ0) is 19.9. The highest BCUT2D eigenvalue weighted by atomic mass is 15.1. The van der Waals surface area contributed by atoms with Crippen LogP contribution in [0.25, 0.3) is 11.4 Å². The summed E-state index contributed by atoms with van der Waals surface area (Å²) in [5, 5.41) is 0. The molecule has 144 valence electrons. The number of pyridine rings is 4. The van der Waals surface area contributed by atoms with Crippen LogP contribution in [0.2, 0.25) is 0 Å². The molecule has 0 unspecified atom stereocenters. The van der Waals surface area contributed by atoms with Crippen LogP contribution >= 0.6 is 0 Å². The van der Waals surface area contributed by atoms with Crippen LogP contribution in [0, 0.1) is 6.92 Å². The quantitative estimate of drug-likeness (QED) is 0.474. The molecule has 0 bridgehead atoms. The molecule has 0 saturated carbocycles. The van der Waals surface area contributed by atoms with E-state index in [-0.39, 0.29) is 0 Å². The van der Waals surface area contributed by atoms with Crippen molar-refractivity contribution in [3.8, 4) is 11.4 Å². The van der Waals surface area contributed by atoms with Crippen LogP contribution in [0.15, 0.2) is 85.5 Å². The summed E-state index contributed by atoms with van der Waals surface area (Å²) >= 11 is 0. The summed E-state index contributed by atoms with van der Waals surface area (Å²) in [4.78, 5) is 20.3. The van der Waals surface area contributed by atoms with Gasteiger partial charge in [-0.2, -0.15) is 0 Å². The van der Waals surface area contributed by atoms with Gasteiger partial charge < -0.3 is 0 Å². The molecule has 0 aliphatic heterocycles. The standard InChI is InChI=1S/C24H23N5/c1-19-8-12-27-23(14-19)24-15-20(9-13-28-24)16-29(17-21-6-2-4-10-25-21)18-22-7-3-5-11-26-22/h2-15H,16-18H2,1H3. The fourth-order valence-electron chi connectivity index (χ4n) is 3.26. The van der Waals surface area contributed by atoms with Gasteiger partial charge in [0.05, 0.1) is 22.8 Å². The molecular formula is C24H23N5. The maximum Gasteiger partial charge on any atom is 0.0889 e. The fourth-order valence-corrected chi connectivity index (χ4v) is 3.26. The molecule has 4 aromatic rings. The zero-order valence-electron chi connectivity index (χ0n) is 16.4. The molecule has 5 heteroatoms. The number of nitrogens with zero attached hydrogens (tertiary/aromatic N) is 5. The minimum absolute atomic E-state index is 0.748. The molecule has 5 nitrogen and oxygen atoms in total. The minimum Gasteiger partial charge on any atom is -0.287 e. The first kappa shape index (κ1) is 18.9. The second-order valence-electron chi connectivity index (χ2n) is 7.06. The fraction of sp³-hybridized carbons (Fsp3) is 0.167. The summed E-state index contributed by atoms with van der Waals surface area (Å²) in [7, 11) is 0. The number of hydrogen-bond acceptors (Lipinski definition) is 5. The molecule has 29 heavy (non-hydrogen) atoms. The molecule has 0 fully saturated rings. The summed E-state index contributed by atoms with van der Waals surface area (Å²) in [6.07, 6.45) is 7.35. The van der Waals surface area contributed by atoms with E-state index in [0.717, 1.165) is 42.4 Å². The highest BCUT2D eigenvalue weighted by Gasteiger charge is 2.11. The van der Waals surface area contributed by atoms with E-state index in [4.69, 9.17) is 0 Å². The lowest BCUT2D eigenvalue weighted by Gasteiger charge is -2.22. The van der Waals surface area contributed by atoms with E-state index >= 15 is 0 Å². The lowest BCUT2D eigenvalue weighted by atomic mass is 10.1. The molecule has 4 aromatic heterocycles. The van der Waals surface area contributed by atoms with Crippen LogP contribution in [-0.2, 0) is 19.6 Å².